The van der Waals surface area contributed by atoms with E-state index in [4.69, 9.17) is 5.73 Å². The van der Waals surface area contributed by atoms with Gasteiger partial charge in [0.05, 0.1) is 5.69 Å². The van der Waals surface area contributed by atoms with Gasteiger partial charge in [0, 0.05) is 12.2 Å². The summed E-state index contributed by atoms with van der Waals surface area (Å²) in [5, 5.41) is 0. The van der Waals surface area contributed by atoms with Gasteiger partial charge < -0.3 is 5.73 Å². The molecule has 0 bridgehead atoms. The molecule has 0 aliphatic heterocycles. The molecule has 0 radical (unpaired) electrons. The summed E-state index contributed by atoms with van der Waals surface area (Å²) < 4.78 is 0. The van der Waals surface area contributed by atoms with Crippen LogP contribution in [0.4, 0.5) is 0 Å². The van der Waals surface area contributed by atoms with Crippen LogP contribution in [0, 0.1) is 6.92 Å². The van der Waals surface area contributed by atoms with Gasteiger partial charge in [-0.3, -0.25) is 4.98 Å². The summed E-state index contributed by atoms with van der Waals surface area (Å²) in [6.45, 7) is 4.24. The van der Waals surface area contributed by atoms with Crippen molar-refractivity contribution >= 4 is 0 Å². The van der Waals surface area contributed by atoms with Crippen molar-refractivity contribution in [3.05, 3.63) is 29.6 Å². The third-order valence-electron chi connectivity index (χ3n) is 2.19. The number of aromatic nitrogens is 1. The molecule has 1 aromatic heterocycles. The molecule has 1 aromatic rings. The number of rotatable bonds is 4. The number of pyridine rings is 1. The molecule has 0 unspecified atom stereocenters. The van der Waals surface area contributed by atoms with Crippen LogP contribution in [0.3, 0.4) is 0 Å². The number of hydrogen-bond donors (Lipinski definition) is 1. The smallest absolute Gasteiger partial charge is 0.0573 e. The lowest BCUT2D eigenvalue weighted by molar-refractivity contribution is 0.590. The highest BCUT2D eigenvalue weighted by Crippen LogP contribution is 2.14. The quantitative estimate of drug-likeness (QED) is 0.769. The predicted octanol–water partition coefficient (Wildman–Crippen LogP) is 2.58. The lowest BCUT2D eigenvalue weighted by Gasteiger charge is -2.10. The largest absolute Gasteiger partial charge is 0.323 e. The van der Waals surface area contributed by atoms with E-state index in [1.54, 1.807) is 0 Å². The number of aryl methyl sites for hydroxylation is 1. The van der Waals surface area contributed by atoms with E-state index in [1.807, 2.05) is 12.3 Å². The third-order valence-corrected chi connectivity index (χ3v) is 2.19. The first-order valence-corrected chi connectivity index (χ1v) is 4.92. The van der Waals surface area contributed by atoms with Crippen molar-refractivity contribution in [3.63, 3.8) is 0 Å². The Hall–Kier alpha value is -0.890. The summed E-state index contributed by atoms with van der Waals surface area (Å²) in [4.78, 5) is 4.27. The Morgan fingerprint density at radius 2 is 2.31 bits per heavy atom. The van der Waals surface area contributed by atoms with Crippen LogP contribution in [0.25, 0.3) is 0 Å². The molecule has 0 aromatic carbocycles. The van der Waals surface area contributed by atoms with Gasteiger partial charge in [0.25, 0.3) is 0 Å². The maximum absolute atomic E-state index is 5.99. The van der Waals surface area contributed by atoms with Crippen molar-refractivity contribution in [1.29, 1.82) is 0 Å². The van der Waals surface area contributed by atoms with E-state index in [0.29, 0.717) is 0 Å². The molecule has 13 heavy (non-hydrogen) atoms. The molecule has 0 aliphatic rings. The lowest BCUT2D eigenvalue weighted by atomic mass is 10.1. The van der Waals surface area contributed by atoms with Gasteiger partial charge >= 0.3 is 0 Å². The highest BCUT2D eigenvalue weighted by atomic mass is 14.8. The van der Waals surface area contributed by atoms with Crippen molar-refractivity contribution in [2.24, 2.45) is 5.73 Å². The molecule has 1 heterocycles. The second kappa shape index (κ2) is 4.97. The Morgan fingerprint density at radius 3 is 2.92 bits per heavy atom. The zero-order valence-electron chi connectivity index (χ0n) is 8.46. The van der Waals surface area contributed by atoms with Gasteiger partial charge in [-0.25, -0.2) is 0 Å². The fourth-order valence-corrected chi connectivity index (χ4v) is 1.33. The maximum Gasteiger partial charge on any atom is 0.0573 e. The molecule has 0 fully saturated rings. The van der Waals surface area contributed by atoms with Gasteiger partial charge in [0.2, 0.25) is 0 Å². The Kier molecular flexibility index (Phi) is 3.90. The number of hydrogen-bond acceptors (Lipinski definition) is 2. The van der Waals surface area contributed by atoms with Crippen LogP contribution in [0.1, 0.15) is 43.5 Å². The highest BCUT2D eigenvalue weighted by molar-refractivity contribution is 5.16. The zero-order chi connectivity index (χ0) is 9.68. The topological polar surface area (TPSA) is 38.9 Å². The summed E-state index contributed by atoms with van der Waals surface area (Å²) >= 11 is 0. The zero-order valence-corrected chi connectivity index (χ0v) is 8.46. The highest BCUT2D eigenvalue weighted by Gasteiger charge is 2.05. The molecule has 1 atom stereocenters. The molecule has 1 rings (SSSR count). The predicted molar refractivity (Wildman–Crippen MR) is 55.4 cm³/mol. The molecule has 0 amide bonds. The average Bonchev–Trinajstić information content (AvgIpc) is 2.14. The van der Waals surface area contributed by atoms with E-state index in [-0.39, 0.29) is 6.04 Å². The first-order valence-electron chi connectivity index (χ1n) is 4.92. The van der Waals surface area contributed by atoms with Crippen molar-refractivity contribution in [3.8, 4) is 0 Å². The minimum atomic E-state index is 0.111. The lowest BCUT2D eigenvalue weighted by Crippen LogP contribution is -2.11. The summed E-state index contributed by atoms with van der Waals surface area (Å²) in [5.41, 5.74) is 8.24. The van der Waals surface area contributed by atoms with Gasteiger partial charge in [-0.2, -0.15) is 0 Å². The Labute approximate surface area is 80.2 Å². The second-order valence-corrected chi connectivity index (χ2v) is 3.51. The Bertz CT molecular complexity index is 258. The molecule has 2 heteroatoms. The number of nitrogens with two attached hydrogens (primary N) is 1. The van der Waals surface area contributed by atoms with Crippen molar-refractivity contribution < 1.29 is 0 Å². The Morgan fingerprint density at radius 1 is 1.54 bits per heavy atom. The molecule has 2 nitrogen and oxygen atoms in total. The van der Waals surface area contributed by atoms with E-state index in [0.717, 1.165) is 12.1 Å². The normalized spacial score (nSPS) is 12.8. The van der Waals surface area contributed by atoms with Crippen molar-refractivity contribution in [2.75, 3.05) is 0 Å². The van der Waals surface area contributed by atoms with Crippen LogP contribution in [0.15, 0.2) is 18.3 Å². The van der Waals surface area contributed by atoms with E-state index in [1.165, 1.54) is 18.4 Å². The molecule has 0 saturated carbocycles. The summed E-state index contributed by atoms with van der Waals surface area (Å²) in [6.07, 6.45) is 5.24. The molecular formula is C11H18N2. The van der Waals surface area contributed by atoms with Crippen LogP contribution in [-0.4, -0.2) is 4.98 Å². The fraction of sp³-hybridized carbons (Fsp3) is 0.545. The molecule has 0 saturated heterocycles. The minimum Gasteiger partial charge on any atom is -0.323 e. The molecule has 2 N–H and O–H groups in total. The second-order valence-electron chi connectivity index (χ2n) is 3.51. The molecule has 0 spiro atoms. The molecule has 0 aliphatic carbocycles. The summed E-state index contributed by atoms with van der Waals surface area (Å²) in [5.74, 6) is 0. The number of unbranched alkanes of at least 4 members (excludes halogenated alkanes) is 1. The molecular weight excluding hydrogens is 160 g/mol. The van der Waals surface area contributed by atoms with E-state index < -0.39 is 0 Å². The van der Waals surface area contributed by atoms with Gasteiger partial charge in [-0.15, -0.1) is 0 Å². The maximum atomic E-state index is 5.99. The van der Waals surface area contributed by atoms with E-state index in [2.05, 4.69) is 24.9 Å². The van der Waals surface area contributed by atoms with Gasteiger partial charge in [0.1, 0.15) is 0 Å². The summed E-state index contributed by atoms with van der Waals surface area (Å²) in [7, 11) is 0. The van der Waals surface area contributed by atoms with Crippen molar-refractivity contribution in [1.82, 2.24) is 4.98 Å². The number of nitrogens with zero attached hydrogens (tertiary/aromatic N) is 1. The van der Waals surface area contributed by atoms with Crippen LogP contribution in [0.2, 0.25) is 0 Å². The molecule has 72 valence electrons. The summed E-state index contributed by atoms with van der Waals surface area (Å²) in [6, 6.07) is 4.18. The SMILES string of the molecule is CCCC[C@H](N)c1cc(C)ccn1. The van der Waals surface area contributed by atoms with Crippen LogP contribution < -0.4 is 5.73 Å². The van der Waals surface area contributed by atoms with Gasteiger partial charge in [0.15, 0.2) is 0 Å². The Balaban J connectivity index is 2.60. The standard InChI is InChI=1S/C11H18N2/c1-3-4-5-10(12)11-8-9(2)6-7-13-11/h6-8,10H,3-5,12H2,1-2H3/t10-/m0/s1. The van der Waals surface area contributed by atoms with Crippen molar-refractivity contribution in [2.45, 2.75) is 39.2 Å². The average molecular weight is 178 g/mol. The van der Waals surface area contributed by atoms with Gasteiger partial charge in [-0.1, -0.05) is 19.8 Å². The van der Waals surface area contributed by atoms with Crippen LogP contribution >= 0.6 is 0 Å². The minimum absolute atomic E-state index is 0.111. The van der Waals surface area contributed by atoms with Crippen LogP contribution in [-0.2, 0) is 0 Å². The first-order chi connectivity index (χ1) is 6.24. The van der Waals surface area contributed by atoms with Gasteiger partial charge in [-0.05, 0) is 31.0 Å². The fourth-order valence-electron chi connectivity index (χ4n) is 1.33. The van der Waals surface area contributed by atoms with E-state index in [9.17, 15) is 0 Å². The monoisotopic (exact) mass is 178 g/mol. The van der Waals surface area contributed by atoms with Crippen LogP contribution in [0.5, 0.6) is 0 Å². The van der Waals surface area contributed by atoms with E-state index >= 15 is 0 Å². The third kappa shape index (κ3) is 3.15. The first kappa shape index (κ1) is 10.2.